The van der Waals surface area contributed by atoms with Crippen molar-refractivity contribution in [2.75, 3.05) is 20.3 Å². The van der Waals surface area contributed by atoms with Crippen molar-refractivity contribution in [3.05, 3.63) is 63.7 Å². The molecule has 2 aromatic heterocycles. The Morgan fingerprint density at radius 2 is 2.12 bits per heavy atom. The Labute approximate surface area is 150 Å². The summed E-state index contributed by atoms with van der Waals surface area (Å²) in [5.41, 5.74) is 3.49. The predicted molar refractivity (Wildman–Crippen MR) is 97.1 cm³/mol. The third-order valence-electron chi connectivity index (χ3n) is 4.76. The fourth-order valence-electron chi connectivity index (χ4n) is 3.40. The summed E-state index contributed by atoms with van der Waals surface area (Å²) in [6.45, 7) is 1.85. The van der Waals surface area contributed by atoms with Crippen LogP contribution in [0.5, 0.6) is 0 Å². The molecule has 1 aliphatic rings. The number of rotatable bonds is 4. The quantitative estimate of drug-likeness (QED) is 0.773. The molecule has 4 rings (SSSR count). The standard InChI is InChI=1S/C19H20N4O3/c1-26-11-10-23-18(24)7-6-17(21-23)19(25)22-9-8-16-14(12-22)13-4-2-3-5-15(13)20-16/h2-7,20H,8-12H2,1H3. The number of aromatic amines is 1. The lowest BCUT2D eigenvalue weighted by atomic mass is 10.0. The molecular weight excluding hydrogens is 332 g/mol. The lowest BCUT2D eigenvalue weighted by Crippen LogP contribution is -2.37. The first-order valence-corrected chi connectivity index (χ1v) is 8.62. The highest BCUT2D eigenvalue weighted by Gasteiger charge is 2.25. The van der Waals surface area contributed by atoms with Crippen molar-refractivity contribution in [3.8, 4) is 0 Å². The maximum atomic E-state index is 12.9. The largest absolute Gasteiger partial charge is 0.383 e. The fourth-order valence-corrected chi connectivity index (χ4v) is 3.40. The van der Waals surface area contributed by atoms with Gasteiger partial charge in [0.15, 0.2) is 0 Å². The average Bonchev–Trinajstić information content (AvgIpc) is 3.04. The summed E-state index contributed by atoms with van der Waals surface area (Å²) in [5.74, 6) is -0.160. The number of H-pyrrole nitrogens is 1. The molecule has 1 N–H and O–H groups in total. The van der Waals surface area contributed by atoms with Crippen LogP contribution in [0.1, 0.15) is 21.7 Å². The van der Waals surface area contributed by atoms with Crippen LogP contribution in [0.2, 0.25) is 0 Å². The number of benzene rings is 1. The number of nitrogens with zero attached hydrogens (tertiary/aromatic N) is 3. The van der Waals surface area contributed by atoms with Crippen molar-refractivity contribution in [3.63, 3.8) is 0 Å². The topological polar surface area (TPSA) is 80.2 Å². The molecule has 7 nitrogen and oxygen atoms in total. The van der Waals surface area contributed by atoms with Gasteiger partial charge in [0.05, 0.1) is 13.2 Å². The van der Waals surface area contributed by atoms with Gasteiger partial charge in [-0.15, -0.1) is 0 Å². The molecule has 0 fully saturated rings. The van der Waals surface area contributed by atoms with Gasteiger partial charge in [-0.1, -0.05) is 18.2 Å². The first-order chi connectivity index (χ1) is 12.7. The van der Waals surface area contributed by atoms with Crippen molar-refractivity contribution in [2.45, 2.75) is 19.5 Å². The van der Waals surface area contributed by atoms with Gasteiger partial charge in [-0.3, -0.25) is 9.59 Å². The van der Waals surface area contributed by atoms with Crippen LogP contribution in [0, 0.1) is 0 Å². The minimum absolute atomic E-state index is 0.160. The van der Waals surface area contributed by atoms with Crippen LogP contribution < -0.4 is 5.56 Å². The lowest BCUT2D eigenvalue weighted by Gasteiger charge is -2.27. The van der Waals surface area contributed by atoms with Crippen LogP contribution in [-0.2, 0) is 24.2 Å². The molecule has 0 unspecified atom stereocenters. The summed E-state index contributed by atoms with van der Waals surface area (Å²) in [6.07, 6.45) is 0.777. The first kappa shape index (κ1) is 16.5. The molecule has 1 amide bonds. The van der Waals surface area contributed by atoms with Gasteiger partial charge < -0.3 is 14.6 Å². The first-order valence-electron chi connectivity index (χ1n) is 8.62. The van der Waals surface area contributed by atoms with E-state index in [4.69, 9.17) is 4.74 Å². The van der Waals surface area contributed by atoms with Gasteiger partial charge in [-0.25, -0.2) is 4.68 Å². The Balaban J connectivity index is 1.61. The summed E-state index contributed by atoms with van der Waals surface area (Å²) < 4.78 is 6.27. The molecule has 0 radical (unpaired) electrons. The molecule has 26 heavy (non-hydrogen) atoms. The summed E-state index contributed by atoms with van der Waals surface area (Å²) in [6, 6.07) is 11.0. The average molecular weight is 352 g/mol. The summed E-state index contributed by atoms with van der Waals surface area (Å²) in [5, 5.41) is 5.37. The molecule has 7 heteroatoms. The van der Waals surface area contributed by atoms with Crippen molar-refractivity contribution >= 4 is 16.8 Å². The maximum Gasteiger partial charge on any atom is 0.274 e. The van der Waals surface area contributed by atoms with Crippen molar-refractivity contribution in [2.24, 2.45) is 0 Å². The summed E-state index contributed by atoms with van der Waals surface area (Å²) >= 11 is 0. The van der Waals surface area contributed by atoms with E-state index in [2.05, 4.69) is 16.1 Å². The SMILES string of the molecule is COCCn1nc(C(=O)N2CCc3[nH]c4ccccc4c3C2)ccc1=O. The zero-order valence-electron chi connectivity index (χ0n) is 14.6. The minimum Gasteiger partial charge on any atom is -0.383 e. The molecule has 0 aliphatic carbocycles. The number of para-hydroxylation sites is 1. The normalized spacial score (nSPS) is 13.8. The molecule has 0 saturated carbocycles. The third-order valence-corrected chi connectivity index (χ3v) is 4.76. The molecule has 134 valence electrons. The number of carbonyl (C=O) groups is 1. The Morgan fingerprint density at radius 1 is 1.27 bits per heavy atom. The molecule has 3 heterocycles. The molecular formula is C19H20N4O3. The van der Waals surface area contributed by atoms with Gasteiger partial charge in [0.1, 0.15) is 5.69 Å². The van der Waals surface area contributed by atoms with E-state index in [0.29, 0.717) is 26.2 Å². The van der Waals surface area contributed by atoms with Crippen LogP contribution >= 0.6 is 0 Å². The van der Waals surface area contributed by atoms with E-state index in [9.17, 15) is 9.59 Å². The Hall–Kier alpha value is -2.93. The lowest BCUT2D eigenvalue weighted by molar-refractivity contribution is 0.0725. The number of carbonyl (C=O) groups excluding carboxylic acids is 1. The Bertz CT molecular complexity index is 1020. The number of methoxy groups -OCH3 is 1. The van der Waals surface area contributed by atoms with Gasteiger partial charge in [0, 0.05) is 54.8 Å². The zero-order chi connectivity index (χ0) is 18.1. The second-order valence-electron chi connectivity index (χ2n) is 6.38. The second-order valence-corrected chi connectivity index (χ2v) is 6.38. The van der Waals surface area contributed by atoms with Gasteiger partial charge in [0.25, 0.3) is 11.5 Å². The molecule has 1 aliphatic heterocycles. The van der Waals surface area contributed by atoms with Crippen LogP contribution in [0.3, 0.4) is 0 Å². The molecule has 1 aromatic carbocycles. The third kappa shape index (κ3) is 2.90. The number of hydrogen-bond donors (Lipinski definition) is 1. The van der Waals surface area contributed by atoms with Gasteiger partial charge in [-0.05, 0) is 12.1 Å². The number of nitrogens with one attached hydrogen (secondary N) is 1. The van der Waals surface area contributed by atoms with Crippen LogP contribution in [0.4, 0.5) is 0 Å². The number of ether oxygens (including phenoxy) is 1. The molecule has 0 spiro atoms. The molecule has 0 saturated heterocycles. The Morgan fingerprint density at radius 3 is 2.96 bits per heavy atom. The highest BCUT2D eigenvalue weighted by molar-refractivity contribution is 5.93. The van der Waals surface area contributed by atoms with Gasteiger partial charge in [-0.2, -0.15) is 5.10 Å². The van der Waals surface area contributed by atoms with Crippen molar-refractivity contribution < 1.29 is 9.53 Å². The van der Waals surface area contributed by atoms with E-state index < -0.39 is 0 Å². The monoisotopic (exact) mass is 352 g/mol. The second kappa shape index (κ2) is 6.76. The number of fused-ring (bicyclic) bond motifs is 3. The van der Waals surface area contributed by atoms with Crippen molar-refractivity contribution in [1.29, 1.82) is 0 Å². The van der Waals surface area contributed by atoms with Crippen LogP contribution in [0.15, 0.2) is 41.2 Å². The molecule has 0 atom stereocenters. The zero-order valence-corrected chi connectivity index (χ0v) is 14.6. The fraction of sp³-hybridized carbons (Fsp3) is 0.316. The smallest absolute Gasteiger partial charge is 0.274 e. The minimum atomic E-state index is -0.240. The van der Waals surface area contributed by atoms with E-state index in [0.717, 1.165) is 22.9 Å². The van der Waals surface area contributed by atoms with E-state index in [1.54, 1.807) is 12.0 Å². The van der Waals surface area contributed by atoms with E-state index in [1.165, 1.54) is 22.5 Å². The van der Waals surface area contributed by atoms with E-state index in [1.807, 2.05) is 18.2 Å². The predicted octanol–water partition coefficient (Wildman–Crippen LogP) is 1.57. The van der Waals surface area contributed by atoms with E-state index >= 15 is 0 Å². The highest BCUT2D eigenvalue weighted by atomic mass is 16.5. The molecule has 0 bridgehead atoms. The highest BCUT2D eigenvalue weighted by Crippen LogP contribution is 2.28. The van der Waals surface area contributed by atoms with Gasteiger partial charge >= 0.3 is 0 Å². The van der Waals surface area contributed by atoms with Crippen molar-refractivity contribution in [1.82, 2.24) is 19.7 Å². The van der Waals surface area contributed by atoms with Crippen LogP contribution in [-0.4, -0.2) is 45.8 Å². The van der Waals surface area contributed by atoms with E-state index in [-0.39, 0.29) is 17.2 Å². The Kier molecular flexibility index (Phi) is 4.30. The number of amides is 1. The number of hydrogen-bond acceptors (Lipinski definition) is 4. The van der Waals surface area contributed by atoms with Gasteiger partial charge in [0.2, 0.25) is 0 Å². The maximum absolute atomic E-state index is 12.9. The van der Waals surface area contributed by atoms with Crippen LogP contribution in [0.25, 0.3) is 10.9 Å². The number of aromatic nitrogens is 3. The summed E-state index contributed by atoms with van der Waals surface area (Å²) in [7, 11) is 1.56. The summed E-state index contributed by atoms with van der Waals surface area (Å²) in [4.78, 5) is 30.0. The molecule has 3 aromatic rings.